The average molecular weight is 419 g/mol. The van der Waals surface area contributed by atoms with Crippen LogP contribution in [0, 0.1) is 0 Å². The Morgan fingerprint density at radius 3 is 2.13 bits per heavy atom. The molecule has 1 saturated heterocycles. The molecule has 0 saturated carbocycles. The quantitative estimate of drug-likeness (QED) is 0.481. The summed E-state index contributed by atoms with van der Waals surface area (Å²) >= 11 is 6.11. The van der Waals surface area contributed by atoms with Gasteiger partial charge in [0.25, 0.3) is 5.91 Å². The Kier molecular flexibility index (Phi) is 5.38. The van der Waals surface area contributed by atoms with Crippen molar-refractivity contribution >= 4 is 29.3 Å². The van der Waals surface area contributed by atoms with E-state index in [9.17, 15) is 14.4 Å². The van der Waals surface area contributed by atoms with E-state index in [1.165, 1.54) is 0 Å². The van der Waals surface area contributed by atoms with Crippen LogP contribution in [0.15, 0.2) is 84.9 Å². The average Bonchev–Trinajstić information content (AvgIpc) is 3.00. The number of nitrogens with zero attached hydrogens (tertiary/aromatic N) is 1. The number of imide groups is 1. The largest absolute Gasteiger partial charge is 0.325 e. The van der Waals surface area contributed by atoms with Crippen molar-refractivity contribution in [1.82, 2.24) is 10.2 Å². The molecule has 0 spiro atoms. The van der Waals surface area contributed by atoms with E-state index in [-0.39, 0.29) is 23.6 Å². The molecule has 0 aliphatic carbocycles. The summed E-state index contributed by atoms with van der Waals surface area (Å²) in [4.78, 5) is 40.1. The van der Waals surface area contributed by atoms with E-state index in [0.717, 1.165) is 10.5 Å². The highest BCUT2D eigenvalue weighted by Gasteiger charge is 2.52. The standard InChI is InChI=1S/C24H19ClN2O3/c25-20-14-8-7-13-19(20)21(28)16-27-22(29)24(26-23(27)30,18-11-5-2-6-12-18)15-17-9-3-1-4-10-17/h1-14H,15-16H2,(H,26,30)/t24-/m0/s1. The van der Waals surface area contributed by atoms with Gasteiger partial charge in [-0.15, -0.1) is 0 Å². The highest BCUT2D eigenvalue weighted by Crippen LogP contribution is 2.33. The fourth-order valence-corrected chi connectivity index (χ4v) is 3.97. The molecule has 0 radical (unpaired) electrons. The molecule has 3 aromatic rings. The summed E-state index contributed by atoms with van der Waals surface area (Å²) in [6.07, 6.45) is 0.277. The van der Waals surface area contributed by atoms with Crippen LogP contribution >= 0.6 is 11.6 Å². The van der Waals surface area contributed by atoms with Crippen LogP contribution in [0.4, 0.5) is 4.79 Å². The maximum absolute atomic E-state index is 13.6. The van der Waals surface area contributed by atoms with Crippen LogP contribution in [0.25, 0.3) is 0 Å². The van der Waals surface area contributed by atoms with Gasteiger partial charge in [-0.25, -0.2) is 4.79 Å². The summed E-state index contributed by atoms with van der Waals surface area (Å²) < 4.78 is 0. The Bertz CT molecular complexity index is 1100. The third-order valence-electron chi connectivity index (χ3n) is 5.23. The molecule has 1 N–H and O–H groups in total. The second-order valence-corrected chi connectivity index (χ2v) is 7.57. The summed E-state index contributed by atoms with van der Waals surface area (Å²) in [6.45, 7) is -0.377. The van der Waals surface area contributed by atoms with E-state index in [1.54, 1.807) is 36.4 Å². The van der Waals surface area contributed by atoms with Gasteiger partial charge >= 0.3 is 6.03 Å². The maximum Gasteiger partial charge on any atom is 0.325 e. The number of nitrogens with one attached hydrogen (secondary N) is 1. The van der Waals surface area contributed by atoms with Gasteiger partial charge in [-0.2, -0.15) is 0 Å². The lowest BCUT2D eigenvalue weighted by Crippen LogP contribution is -2.46. The summed E-state index contributed by atoms with van der Waals surface area (Å²) in [7, 11) is 0. The highest BCUT2D eigenvalue weighted by molar-refractivity contribution is 6.34. The van der Waals surface area contributed by atoms with E-state index >= 15 is 0 Å². The number of amides is 3. The number of halogens is 1. The van der Waals surface area contributed by atoms with Crippen molar-refractivity contribution in [3.8, 4) is 0 Å². The van der Waals surface area contributed by atoms with Crippen LogP contribution in [0.5, 0.6) is 0 Å². The van der Waals surface area contributed by atoms with Crippen LogP contribution < -0.4 is 5.32 Å². The van der Waals surface area contributed by atoms with E-state index < -0.39 is 23.3 Å². The van der Waals surface area contributed by atoms with Crippen molar-refractivity contribution in [3.05, 3.63) is 107 Å². The van der Waals surface area contributed by atoms with Crippen LogP contribution in [-0.4, -0.2) is 29.2 Å². The summed E-state index contributed by atoms with van der Waals surface area (Å²) in [5.41, 5.74) is 0.565. The SMILES string of the molecule is O=C(CN1C(=O)N[C@@](Cc2ccccc2)(c2ccccc2)C1=O)c1ccccc1Cl. The number of carbonyl (C=O) groups excluding carboxylic acids is 3. The van der Waals surface area contributed by atoms with Crippen molar-refractivity contribution in [2.24, 2.45) is 0 Å². The first kappa shape index (κ1) is 19.9. The Balaban J connectivity index is 1.69. The Labute approximate surface area is 179 Å². The molecule has 1 fully saturated rings. The third-order valence-corrected chi connectivity index (χ3v) is 5.56. The first-order valence-corrected chi connectivity index (χ1v) is 9.90. The van der Waals surface area contributed by atoms with Crippen LogP contribution in [0.3, 0.4) is 0 Å². The minimum absolute atomic E-state index is 0.277. The molecule has 3 aromatic carbocycles. The van der Waals surface area contributed by atoms with Crippen molar-refractivity contribution in [2.75, 3.05) is 6.54 Å². The van der Waals surface area contributed by atoms with Crippen molar-refractivity contribution in [1.29, 1.82) is 0 Å². The lowest BCUT2D eigenvalue weighted by Gasteiger charge is -2.27. The molecule has 0 unspecified atom stereocenters. The predicted octanol–water partition coefficient (Wildman–Crippen LogP) is 4.21. The monoisotopic (exact) mass is 418 g/mol. The number of ketones is 1. The van der Waals surface area contributed by atoms with Gasteiger partial charge in [0.15, 0.2) is 11.3 Å². The molecule has 30 heavy (non-hydrogen) atoms. The van der Waals surface area contributed by atoms with Crippen molar-refractivity contribution < 1.29 is 14.4 Å². The molecule has 1 aliphatic heterocycles. The van der Waals surface area contributed by atoms with Gasteiger partial charge in [0, 0.05) is 12.0 Å². The zero-order chi connectivity index (χ0) is 21.1. The van der Waals surface area contributed by atoms with Gasteiger partial charge in [-0.05, 0) is 23.3 Å². The molecule has 4 rings (SSSR count). The second kappa shape index (κ2) is 8.13. The predicted molar refractivity (Wildman–Crippen MR) is 114 cm³/mol. The van der Waals surface area contributed by atoms with E-state index in [1.807, 2.05) is 48.5 Å². The molecule has 0 bridgehead atoms. The van der Waals surface area contributed by atoms with Gasteiger partial charge in [-0.1, -0.05) is 84.4 Å². The molecular formula is C24H19ClN2O3. The van der Waals surface area contributed by atoms with Crippen LogP contribution in [-0.2, 0) is 16.8 Å². The minimum Gasteiger partial charge on any atom is -0.319 e. The first-order chi connectivity index (χ1) is 14.5. The van der Waals surface area contributed by atoms with E-state index in [2.05, 4.69) is 5.32 Å². The molecule has 6 heteroatoms. The molecule has 1 atom stereocenters. The first-order valence-electron chi connectivity index (χ1n) is 9.52. The molecule has 5 nitrogen and oxygen atoms in total. The minimum atomic E-state index is -1.28. The number of carbonyl (C=O) groups is 3. The van der Waals surface area contributed by atoms with E-state index in [0.29, 0.717) is 5.56 Å². The topological polar surface area (TPSA) is 66.5 Å². The number of benzene rings is 3. The van der Waals surface area contributed by atoms with Gasteiger partial charge in [0.05, 0.1) is 11.6 Å². The molecule has 1 heterocycles. The van der Waals surface area contributed by atoms with Crippen molar-refractivity contribution in [2.45, 2.75) is 12.0 Å². The lowest BCUT2D eigenvalue weighted by atomic mass is 9.83. The fraction of sp³-hybridized carbons (Fsp3) is 0.125. The molecular weight excluding hydrogens is 400 g/mol. The third kappa shape index (κ3) is 3.60. The zero-order valence-corrected chi connectivity index (χ0v) is 16.8. The lowest BCUT2D eigenvalue weighted by molar-refractivity contribution is -0.131. The maximum atomic E-state index is 13.6. The number of hydrogen-bond donors (Lipinski definition) is 1. The van der Waals surface area contributed by atoms with Crippen LogP contribution in [0.1, 0.15) is 21.5 Å². The summed E-state index contributed by atoms with van der Waals surface area (Å²) in [5, 5.41) is 3.14. The fourth-order valence-electron chi connectivity index (χ4n) is 3.73. The summed E-state index contributed by atoms with van der Waals surface area (Å²) in [5.74, 6) is -0.851. The van der Waals surface area contributed by atoms with Gasteiger partial charge in [-0.3, -0.25) is 14.5 Å². The normalized spacial score (nSPS) is 18.4. The Morgan fingerprint density at radius 1 is 0.867 bits per heavy atom. The summed E-state index contributed by atoms with van der Waals surface area (Å²) in [6, 6.07) is 24.6. The number of hydrogen-bond acceptors (Lipinski definition) is 3. The van der Waals surface area contributed by atoms with Crippen molar-refractivity contribution in [3.63, 3.8) is 0 Å². The zero-order valence-electron chi connectivity index (χ0n) is 16.0. The molecule has 0 aromatic heterocycles. The van der Waals surface area contributed by atoms with Gasteiger partial charge in [0.1, 0.15) is 0 Å². The van der Waals surface area contributed by atoms with Gasteiger partial charge < -0.3 is 5.32 Å². The van der Waals surface area contributed by atoms with Crippen LogP contribution in [0.2, 0.25) is 5.02 Å². The molecule has 3 amide bonds. The smallest absolute Gasteiger partial charge is 0.319 e. The number of urea groups is 1. The number of rotatable bonds is 6. The second-order valence-electron chi connectivity index (χ2n) is 7.16. The Hall–Kier alpha value is -3.44. The molecule has 150 valence electrons. The number of Topliss-reactive ketones (excluding diaryl/α,β-unsaturated/α-hetero) is 1. The molecule has 1 aliphatic rings. The van der Waals surface area contributed by atoms with Gasteiger partial charge in [0.2, 0.25) is 0 Å². The highest BCUT2D eigenvalue weighted by atomic mass is 35.5. The van der Waals surface area contributed by atoms with E-state index in [4.69, 9.17) is 11.6 Å². The Morgan fingerprint density at radius 2 is 1.47 bits per heavy atom.